The van der Waals surface area contributed by atoms with E-state index in [0.29, 0.717) is 37.4 Å². The minimum Gasteiger partial charge on any atom is -0.355 e. The fourth-order valence-corrected chi connectivity index (χ4v) is 3.80. The van der Waals surface area contributed by atoms with E-state index in [1.165, 1.54) is 0 Å². The summed E-state index contributed by atoms with van der Waals surface area (Å²) < 4.78 is 0. The fraction of sp³-hybridized carbons (Fsp3) is 0.259. The third-order valence-electron chi connectivity index (χ3n) is 5.36. The summed E-state index contributed by atoms with van der Waals surface area (Å²) in [6, 6.07) is 26.6. The Labute approximate surface area is 195 Å². The maximum atomic E-state index is 13.4. The molecule has 3 aromatic carbocycles. The molecule has 2 amide bonds. The van der Waals surface area contributed by atoms with Gasteiger partial charge in [0.05, 0.1) is 0 Å². The molecule has 0 bridgehead atoms. The average Bonchev–Trinajstić information content (AvgIpc) is 2.82. The van der Waals surface area contributed by atoms with Crippen LogP contribution in [0.2, 0.25) is 5.02 Å². The van der Waals surface area contributed by atoms with E-state index in [0.717, 1.165) is 16.7 Å². The van der Waals surface area contributed by atoms with Crippen molar-refractivity contribution in [3.63, 3.8) is 0 Å². The van der Waals surface area contributed by atoms with Crippen LogP contribution in [0.4, 0.5) is 0 Å². The summed E-state index contributed by atoms with van der Waals surface area (Å²) in [4.78, 5) is 28.2. The highest BCUT2D eigenvalue weighted by Crippen LogP contribution is 2.18. The predicted octanol–water partition coefficient (Wildman–Crippen LogP) is 5.05. The lowest BCUT2D eigenvalue weighted by molar-refractivity contribution is -0.141. The second kappa shape index (κ2) is 12.1. The Morgan fingerprint density at radius 2 is 1.44 bits per heavy atom. The number of nitrogens with one attached hydrogen (secondary N) is 1. The number of hydrogen-bond acceptors (Lipinski definition) is 2. The number of amides is 2. The lowest BCUT2D eigenvalue weighted by atomic mass is 10.0. The molecule has 4 nitrogen and oxygen atoms in total. The fourth-order valence-electron chi connectivity index (χ4n) is 3.67. The van der Waals surface area contributed by atoms with Crippen molar-refractivity contribution < 1.29 is 9.59 Å². The van der Waals surface area contributed by atoms with Crippen molar-refractivity contribution in [1.82, 2.24) is 10.2 Å². The second-order valence-electron chi connectivity index (χ2n) is 7.73. The molecule has 0 heterocycles. The number of halogens is 1. The minimum absolute atomic E-state index is 0.0454. The maximum Gasteiger partial charge on any atom is 0.243 e. The molecule has 0 saturated carbocycles. The van der Waals surface area contributed by atoms with Gasteiger partial charge in [-0.1, -0.05) is 84.4 Å². The van der Waals surface area contributed by atoms with E-state index in [1.54, 1.807) is 4.90 Å². The van der Waals surface area contributed by atoms with Crippen LogP contribution in [0.3, 0.4) is 0 Å². The van der Waals surface area contributed by atoms with Crippen LogP contribution in [0.5, 0.6) is 0 Å². The third-order valence-corrected chi connectivity index (χ3v) is 5.61. The second-order valence-corrected chi connectivity index (χ2v) is 8.17. The number of likely N-dealkylation sites (N-methyl/N-ethyl adjacent to an activating group) is 1. The van der Waals surface area contributed by atoms with Gasteiger partial charge in [-0.05, 0) is 42.2 Å². The molecule has 0 unspecified atom stereocenters. The van der Waals surface area contributed by atoms with E-state index < -0.39 is 6.04 Å². The Kier molecular flexibility index (Phi) is 8.88. The van der Waals surface area contributed by atoms with E-state index in [9.17, 15) is 9.59 Å². The van der Waals surface area contributed by atoms with Crippen LogP contribution in [0, 0.1) is 0 Å². The molecule has 5 heteroatoms. The average molecular weight is 449 g/mol. The highest BCUT2D eigenvalue weighted by molar-refractivity contribution is 6.30. The largest absolute Gasteiger partial charge is 0.355 e. The van der Waals surface area contributed by atoms with Gasteiger partial charge in [-0.15, -0.1) is 0 Å². The van der Waals surface area contributed by atoms with Gasteiger partial charge in [0.15, 0.2) is 0 Å². The summed E-state index contributed by atoms with van der Waals surface area (Å²) in [7, 11) is 0. The van der Waals surface area contributed by atoms with Gasteiger partial charge in [-0.2, -0.15) is 0 Å². The number of carbonyl (C=O) groups excluding carboxylic acids is 2. The first-order valence-corrected chi connectivity index (χ1v) is 11.3. The standard InChI is InChI=1S/C27H29ClN2O2/c1-2-29-27(32)25(19-22-11-7-4-8-12-22)30(20-23-13-16-24(28)17-14-23)26(31)18-15-21-9-5-3-6-10-21/h3-14,16-17,25H,2,15,18-20H2,1H3,(H,29,32)/t25-/m1/s1. The Balaban J connectivity index is 1.87. The van der Waals surface area contributed by atoms with E-state index in [4.69, 9.17) is 11.6 Å². The van der Waals surface area contributed by atoms with E-state index in [1.807, 2.05) is 91.9 Å². The number of nitrogens with zero attached hydrogens (tertiary/aromatic N) is 1. The summed E-state index contributed by atoms with van der Waals surface area (Å²) in [6.45, 7) is 2.74. The Morgan fingerprint density at radius 1 is 0.844 bits per heavy atom. The van der Waals surface area contributed by atoms with Gasteiger partial charge in [0, 0.05) is 31.0 Å². The van der Waals surface area contributed by atoms with Gasteiger partial charge in [-0.25, -0.2) is 0 Å². The number of carbonyl (C=O) groups is 2. The normalized spacial score (nSPS) is 11.6. The predicted molar refractivity (Wildman–Crippen MR) is 129 cm³/mol. The Bertz CT molecular complexity index is 991. The number of benzene rings is 3. The summed E-state index contributed by atoms with van der Waals surface area (Å²) in [5, 5.41) is 3.56. The quantitative estimate of drug-likeness (QED) is 0.472. The number of aryl methyl sites for hydroxylation is 1. The molecule has 0 aliphatic heterocycles. The van der Waals surface area contributed by atoms with Crippen LogP contribution in [0.25, 0.3) is 0 Å². The Hall–Kier alpha value is -3.11. The molecule has 3 aromatic rings. The lowest BCUT2D eigenvalue weighted by Gasteiger charge is -2.31. The molecule has 1 atom stereocenters. The molecule has 0 radical (unpaired) electrons. The van der Waals surface area contributed by atoms with Crippen molar-refractivity contribution in [2.75, 3.05) is 6.54 Å². The molecule has 166 valence electrons. The topological polar surface area (TPSA) is 49.4 Å². The highest BCUT2D eigenvalue weighted by Gasteiger charge is 2.29. The summed E-state index contributed by atoms with van der Waals surface area (Å²) in [5.41, 5.74) is 3.05. The molecule has 0 aromatic heterocycles. The van der Waals surface area contributed by atoms with E-state index in [-0.39, 0.29) is 11.8 Å². The molecular weight excluding hydrogens is 420 g/mol. The monoisotopic (exact) mass is 448 g/mol. The van der Waals surface area contributed by atoms with Crippen LogP contribution < -0.4 is 5.32 Å². The SMILES string of the molecule is CCNC(=O)[C@@H](Cc1ccccc1)N(Cc1ccc(Cl)cc1)C(=O)CCc1ccccc1. The van der Waals surface area contributed by atoms with Crippen molar-refractivity contribution in [2.45, 2.75) is 38.8 Å². The van der Waals surface area contributed by atoms with E-state index >= 15 is 0 Å². The number of rotatable bonds is 10. The summed E-state index contributed by atoms with van der Waals surface area (Å²) in [5.74, 6) is -0.186. The van der Waals surface area contributed by atoms with Crippen molar-refractivity contribution in [3.05, 3.63) is 107 Å². The molecule has 0 aliphatic carbocycles. The molecule has 0 spiro atoms. The third kappa shape index (κ3) is 6.96. The highest BCUT2D eigenvalue weighted by atomic mass is 35.5. The first-order valence-electron chi connectivity index (χ1n) is 11.0. The molecule has 0 fully saturated rings. The zero-order valence-electron chi connectivity index (χ0n) is 18.3. The van der Waals surface area contributed by atoms with Gasteiger partial charge in [0.2, 0.25) is 11.8 Å². The molecule has 3 rings (SSSR count). The van der Waals surface area contributed by atoms with Crippen molar-refractivity contribution >= 4 is 23.4 Å². The van der Waals surface area contributed by atoms with Crippen molar-refractivity contribution in [3.8, 4) is 0 Å². The molecule has 0 aliphatic rings. The first-order chi connectivity index (χ1) is 15.6. The summed E-state index contributed by atoms with van der Waals surface area (Å²) in [6.07, 6.45) is 1.42. The lowest BCUT2D eigenvalue weighted by Crippen LogP contribution is -2.50. The van der Waals surface area contributed by atoms with Crippen molar-refractivity contribution in [2.24, 2.45) is 0 Å². The van der Waals surface area contributed by atoms with Crippen molar-refractivity contribution in [1.29, 1.82) is 0 Å². The van der Waals surface area contributed by atoms with Gasteiger partial charge < -0.3 is 10.2 Å². The molecule has 1 N–H and O–H groups in total. The van der Waals surface area contributed by atoms with Crippen LogP contribution in [0.1, 0.15) is 30.0 Å². The van der Waals surface area contributed by atoms with Gasteiger partial charge >= 0.3 is 0 Å². The van der Waals surface area contributed by atoms with Gasteiger partial charge in [-0.3, -0.25) is 9.59 Å². The maximum absolute atomic E-state index is 13.4. The molecule has 0 saturated heterocycles. The summed E-state index contributed by atoms with van der Waals surface area (Å²) >= 11 is 6.05. The minimum atomic E-state index is -0.601. The zero-order valence-corrected chi connectivity index (χ0v) is 19.1. The molecular formula is C27H29ClN2O2. The van der Waals surface area contributed by atoms with Gasteiger partial charge in [0.25, 0.3) is 0 Å². The van der Waals surface area contributed by atoms with Crippen LogP contribution in [-0.4, -0.2) is 29.3 Å². The number of hydrogen-bond donors (Lipinski definition) is 1. The van der Waals surface area contributed by atoms with Crippen LogP contribution in [-0.2, 0) is 29.0 Å². The Morgan fingerprint density at radius 3 is 2.03 bits per heavy atom. The van der Waals surface area contributed by atoms with Crippen LogP contribution in [0.15, 0.2) is 84.9 Å². The van der Waals surface area contributed by atoms with Crippen LogP contribution >= 0.6 is 11.6 Å². The van der Waals surface area contributed by atoms with E-state index in [2.05, 4.69) is 5.32 Å². The van der Waals surface area contributed by atoms with Gasteiger partial charge in [0.1, 0.15) is 6.04 Å². The smallest absolute Gasteiger partial charge is 0.243 e. The first kappa shape index (κ1) is 23.6. The zero-order chi connectivity index (χ0) is 22.8. The molecule has 32 heavy (non-hydrogen) atoms.